The number of benzene rings is 2. The summed E-state index contributed by atoms with van der Waals surface area (Å²) in [5, 5.41) is 14.2. The molecule has 0 radical (unpaired) electrons. The summed E-state index contributed by atoms with van der Waals surface area (Å²) in [6.07, 6.45) is 11.3. The van der Waals surface area contributed by atoms with Gasteiger partial charge in [-0.3, -0.25) is 14.9 Å². The zero-order valence-corrected chi connectivity index (χ0v) is 18.8. The van der Waals surface area contributed by atoms with Gasteiger partial charge >= 0.3 is 6.03 Å². The first-order valence-corrected chi connectivity index (χ1v) is 11.5. The Kier molecular flexibility index (Phi) is 5.27. The third kappa shape index (κ3) is 3.74. The predicted molar refractivity (Wildman–Crippen MR) is 137 cm³/mol. The standard InChI is InChI=1S/C27H22N6O2/c34-15-14-33(18-6-2-1-3-7-18)27(35)30-17-10-11-21-22(16-17)32-26-20-9-5-13-29-24(20)23-19(25(26)31-21)8-4-12-28-23/h2,4-13,16,34H,1,3,14-15H2,(H,30,35). The summed E-state index contributed by atoms with van der Waals surface area (Å²) in [4.78, 5) is 33.5. The zero-order chi connectivity index (χ0) is 23.8. The Morgan fingerprint density at radius 3 is 2.29 bits per heavy atom. The number of hydrogen-bond donors (Lipinski definition) is 2. The van der Waals surface area contributed by atoms with E-state index in [0.29, 0.717) is 16.7 Å². The van der Waals surface area contributed by atoms with Crippen molar-refractivity contribution in [2.75, 3.05) is 18.5 Å². The molecule has 2 aromatic carbocycles. The van der Waals surface area contributed by atoms with Crippen LogP contribution in [0.3, 0.4) is 0 Å². The molecule has 0 fully saturated rings. The molecule has 6 rings (SSSR count). The maximum absolute atomic E-state index is 13.0. The second-order valence-corrected chi connectivity index (χ2v) is 8.34. The van der Waals surface area contributed by atoms with E-state index >= 15 is 0 Å². The van der Waals surface area contributed by atoms with Crippen LogP contribution in [0.5, 0.6) is 0 Å². The maximum atomic E-state index is 13.0. The number of aromatic nitrogens is 4. The summed E-state index contributed by atoms with van der Waals surface area (Å²) in [7, 11) is 0. The average Bonchev–Trinajstić information content (AvgIpc) is 2.91. The smallest absolute Gasteiger partial charge is 0.326 e. The maximum Gasteiger partial charge on any atom is 0.326 e. The van der Waals surface area contributed by atoms with Crippen LogP contribution in [0.4, 0.5) is 10.5 Å². The minimum Gasteiger partial charge on any atom is -0.395 e. The van der Waals surface area contributed by atoms with E-state index in [-0.39, 0.29) is 19.2 Å². The molecule has 35 heavy (non-hydrogen) atoms. The number of anilines is 1. The van der Waals surface area contributed by atoms with Crippen molar-refractivity contribution in [2.24, 2.45) is 0 Å². The molecule has 0 saturated carbocycles. The van der Waals surface area contributed by atoms with E-state index in [1.165, 1.54) is 0 Å². The monoisotopic (exact) mass is 462 g/mol. The second kappa shape index (κ2) is 8.73. The van der Waals surface area contributed by atoms with Crippen molar-refractivity contribution in [3.63, 3.8) is 0 Å². The van der Waals surface area contributed by atoms with Crippen molar-refractivity contribution in [1.29, 1.82) is 0 Å². The van der Waals surface area contributed by atoms with Gasteiger partial charge in [-0.2, -0.15) is 0 Å². The topological polar surface area (TPSA) is 104 Å². The minimum absolute atomic E-state index is 0.127. The highest BCUT2D eigenvalue weighted by Gasteiger charge is 2.18. The number of allylic oxidation sites excluding steroid dienone is 3. The van der Waals surface area contributed by atoms with Gasteiger partial charge in [0.2, 0.25) is 0 Å². The molecule has 1 aliphatic rings. The van der Waals surface area contributed by atoms with Gasteiger partial charge in [-0.25, -0.2) is 14.8 Å². The predicted octanol–water partition coefficient (Wildman–Crippen LogP) is 4.94. The van der Waals surface area contributed by atoms with Crippen LogP contribution < -0.4 is 5.32 Å². The first-order chi connectivity index (χ1) is 17.2. The third-order valence-corrected chi connectivity index (χ3v) is 6.12. The van der Waals surface area contributed by atoms with E-state index in [4.69, 9.17) is 9.97 Å². The highest BCUT2D eigenvalue weighted by Crippen LogP contribution is 2.32. The van der Waals surface area contributed by atoms with Gasteiger partial charge in [0.1, 0.15) is 0 Å². The minimum atomic E-state index is -0.309. The van der Waals surface area contributed by atoms with Crippen molar-refractivity contribution in [2.45, 2.75) is 12.8 Å². The van der Waals surface area contributed by atoms with Crippen LogP contribution in [-0.2, 0) is 0 Å². The molecule has 0 aliphatic heterocycles. The van der Waals surface area contributed by atoms with Crippen LogP contribution in [-0.4, -0.2) is 49.1 Å². The molecular weight excluding hydrogens is 440 g/mol. The van der Waals surface area contributed by atoms with Crippen molar-refractivity contribution in [3.8, 4) is 0 Å². The molecule has 3 heterocycles. The van der Waals surface area contributed by atoms with Gasteiger partial charge in [-0.05, 0) is 61.4 Å². The Bertz CT molecular complexity index is 1680. The average molecular weight is 463 g/mol. The van der Waals surface area contributed by atoms with E-state index in [1.54, 1.807) is 17.3 Å². The number of carbonyl (C=O) groups excluding carboxylic acids is 1. The zero-order valence-electron chi connectivity index (χ0n) is 18.8. The fraction of sp³-hybridized carbons (Fsp3) is 0.148. The number of fused-ring (bicyclic) bond motifs is 7. The molecule has 0 spiro atoms. The Labute approximate surface area is 200 Å². The summed E-state index contributed by atoms with van der Waals surface area (Å²) in [6.45, 7) is 0.0812. The number of carbonyl (C=O) groups is 1. The lowest BCUT2D eigenvalue weighted by molar-refractivity contribution is 0.206. The summed E-state index contributed by atoms with van der Waals surface area (Å²) < 4.78 is 0. The molecule has 0 bridgehead atoms. The second-order valence-electron chi connectivity index (χ2n) is 8.34. The Morgan fingerprint density at radius 2 is 1.63 bits per heavy atom. The lowest BCUT2D eigenvalue weighted by Crippen LogP contribution is -2.36. The molecule has 8 heteroatoms. The lowest BCUT2D eigenvalue weighted by atomic mass is 10.1. The van der Waals surface area contributed by atoms with Crippen LogP contribution in [0.2, 0.25) is 0 Å². The van der Waals surface area contributed by atoms with Crippen molar-refractivity contribution >= 4 is 55.6 Å². The number of urea groups is 1. The van der Waals surface area contributed by atoms with E-state index < -0.39 is 0 Å². The summed E-state index contributed by atoms with van der Waals surface area (Å²) in [5.74, 6) is 0. The van der Waals surface area contributed by atoms with Crippen LogP contribution in [0.1, 0.15) is 12.8 Å². The molecule has 8 nitrogen and oxygen atoms in total. The van der Waals surface area contributed by atoms with Crippen LogP contribution in [0, 0.1) is 0 Å². The summed E-state index contributed by atoms with van der Waals surface area (Å²) in [6, 6.07) is 12.9. The van der Waals surface area contributed by atoms with E-state index in [9.17, 15) is 9.90 Å². The molecule has 0 unspecified atom stereocenters. The summed E-state index contributed by atoms with van der Waals surface area (Å²) in [5.41, 5.74) is 5.85. The van der Waals surface area contributed by atoms with Gasteiger partial charge in [-0.1, -0.05) is 12.2 Å². The number of nitrogens with zero attached hydrogens (tertiary/aromatic N) is 5. The van der Waals surface area contributed by atoms with Gasteiger partial charge in [0.25, 0.3) is 0 Å². The van der Waals surface area contributed by atoms with E-state index in [0.717, 1.165) is 51.4 Å². The van der Waals surface area contributed by atoms with Gasteiger partial charge in [0, 0.05) is 34.6 Å². The third-order valence-electron chi connectivity index (χ3n) is 6.12. The largest absolute Gasteiger partial charge is 0.395 e. The Morgan fingerprint density at radius 1 is 0.914 bits per heavy atom. The molecule has 0 saturated heterocycles. The molecule has 172 valence electrons. The molecule has 0 atom stereocenters. The molecule has 1 aliphatic carbocycles. The Balaban J connectivity index is 1.44. The van der Waals surface area contributed by atoms with Gasteiger partial charge < -0.3 is 10.4 Å². The molecule has 3 aromatic heterocycles. The number of hydrogen-bond acceptors (Lipinski definition) is 6. The van der Waals surface area contributed by atoms with Crippen LogP contribution in [0.25, 0.3) is 43.9 Å². The van der Waals surface area contributed by atoms with E-state index in [2.05, 4.69) is 15.3 Å². The normalized spacial score (nSPS) is 13.5. The number of pyridine rings is 2. The molecule has 2 amide bonds. The van der Waals surface area contributed by atoms with E-state index in [1.807, 2.05) is 60.7 Å². The number of nitrogens with one attached hydrogen (secondary N) is 1. The number of aliphatic hydroxyl groups is 1. The van der Waals surface area contributed by atoms with Gasteiger partial charge in [0.05, 0.1) is 46.3 Å². The van der Waals surface area contributed by atoms with Crippen LogP contribution in [0.15, 0.2) is 78.8 Å². The fourth-order valence-electron chi connectivity index (χ4n) is 4.52. The SMILES string of the molecule is O=C(Nc1ccc2nc3c4cccnc4c4ncccc4c3nc2c1)N(CCO)C1=CCCC=C1. The van der Waals surface area contributed by atoms with Gasteiger partial charge in [-0.15, -0.1) is 0 Å². The molecule has 2 N–H and O–H groups in total. The fourth-order valence-corrected chi connectivity index (χ4v) is 4.52. The molecular formula is C27H22N6O2. The Hall–Kier alpha value is -4.43. The quantitative estimate of drug-likeness (QED) is 0.290. The first kappa shape index (κ1) is 21.1. The highest BCUT2D eigenvalue weighted by molar-refractivity contribution is 6.21. The number of rotatable bonds is 4. The summed E-state index contributed by atoms with van der Waals surface area (Å²) >= 11 is 0. The van der Waals surface area contributed by atoms with Crippen LogP contribution >= 0.6 is 0 Å². The first-order valence-electron chi connectivity index (χ1n) is 11.5. The van der Waals surface area contributed by atoms with Crippen molar-refractivity contribution < 1.29 is 9.90 Å². The highest BCUT2D eigenvalue weighted by atomic mass is 16.3. The molecule has 5 aromatic rings. The number of aliphatic hydroxyl groups excluding tert-OH is 1. The van der Waals surface area contributed by atoms with Crippen molar-refractivity contribution in [3.05, 3.63) is 78.8 Å². The van der Waals surface area contributed by atoms with Crippen molar-refractivity contribution in [1.82, 2.24) is 24.8 Å². The lowest BCUT2D eigenvalue weighted by Gasteiger charge is -2.24. The van der Waals surface area contributed by atoms with Gasteiger partial charge in [0.15, 0.2) is 0 Å². The number of amides is 2.